The van der Waals surface area contributed by atoms with Crippen molar-refractivity contribution in [1.82, 2.24) is 0 Å². The minimum Gasteiger partial charge on any atom is -0.470 e. The predicted octanol–water partition coefficient (Wildman–Crippen LogP) is 6.05. The van der Waals surface area contributed by atoms with Gasteiger partial charge < -0.3 is 24.4 Å². The van der Waals surface area contributed by atoms with E-state index in [1.165, 1.54) is 38.5 Å². The molecule has 2 N–H and O–H groups in total. The highest BCUT2D eigenvalue weighted by Crippen LogP contribution is 2.29. The molecule has 1 aliphatic heterocycles. The van der Waals surface area contributed by atoms with Crippen molar-refractivity contribution in [2.24, 2.45) is 4.99 Å². The number of aliphatic hydroxyl groups is 2. The zero-order valence-electron chi connectivity index (χ0n) is 23.0. The molecule has 1 saturated heterocycles. The van der Waals surface area contributed by atoms with E-state index in [1.54, 1.807) is 12.3 Å². The minimum atomic E-state index is -1.04. The third kappa shape index (κ3) is 9.05. The van der Waals surface area contributed by atoms with Crippen molar-refractivity contribution in [3.05, 3.63) is 84.1 Å². The number of aliphatic imine (C=N–C) groups is 1. The highest BCUT2D eigenvalue weighted by atomic mass is 16.7. The van der Waals surface area contributed by atoms with Crippen LogP contribution in [0.15, 0.2) is 78.0 Å². The zero-order chi connectivity index (χ0) is 27.0. The van der Waals surface area contributed by atoms with E-state index in [0.717, 1.165) is 29.7 Å². The molecule has 0 bridgehead atoms. The Bertz CT molecular complexity index is 907. The van der Waals surface area contributed by atoms with E-state index in [1.807, 2.05) is 67.6 Å². The quantitative estimate of drug-likeness (QED) is 0.159. The first-order chi connectivity index (χ1) is 18.7. The first-order valence-corrected chi connectivity index (χ1v) is 14.2. The van der Waals surface area contributed by atoms with Crippen LogP contribution in [-0.2, 0) is 14.2 Å². The Kier molecular flexibility index (Phi) is 13.6. The molecule has 6 heteroatoms. The lowest BCUT2D eigenvalue weighted by molar-refractivity contribution is -0.258. The van der Waals surface area contributed by atoms with Gasteiger partial charge in [0, 0.05) is 17.7 Å². The van der Waals surface area contributed by atoms with Gasteiger partial charge in [-0.25, -0.2) is 0 Å². The van der Waals surface area contributed by atoms with Crippen LogP contribution in [0, 0.1) is 0 Å². The van der Waals surface area contributed by atoms with E-state index in [4.69, 9.17) is 19.2 Å². The molecule has 3 rings (SSSR count). The van der Waals surface area contributed by atoms with Crippen molar-refractivity contribution in [1.29, 1.82) is 0 Å². The molecule has 0 spiro atoms. The zero-order valence-corrected chi connectivity index (χ0v) is 23.0. The van der Waals surface area contributed by atoms with Crippen molar-refractivity contribution in [2.75, 3.05) is 13.2 Å². The Balaban J connectivity index is 1.83. The van der Waals surface area contributed by atoms with Gasteiger partial charge in [0.1, 0.15) is 24.4 Å². The van der Waals surface area contributed by atoms with Crippen molar-refractivity contribution >= 4 is 5.71 Å². The van der Waals surface area contributed by atoms with Gasteiger partial charge in [-0.05, 0) is 13.3 Å². The number of nitrogens with zero attached hydrogens (tertiary/aromatic N) is 1. The average molecular weight is 524 g/mol. The van der Waals surface area contributed by atoms with Gasteiger partial charge in [-0.1, -0.05) is 119 Å². The Hall–Kier alpha value is -2.51. The van der Waals surface area contributed by atoms with Crippen molar-refractivity contribution in [2.45, 2.75) is 95.9 Å². The molecule has 2 aromatic carbocycles. The number of benzene rings is 2. The number of ether oxygens (including phenoxy) is 3. The number of allylic oxidation sites excluding steroid dienone is 1. The van der Waals surface area contributed by atoms with Gasteiger partial charge in [0.15, 0.2) is 0 Å². The number of unbranched alkanes of at least 4 members (excludes halogenated alkanes) is 7. The van der Waals surface area contributed by atoms with Crippen LogP contribution in [0.2, 0.25) is 0 Å². The Morgan fingerprint density at radius 2 is 1.47 bits per heavy atom. The van der Waals surface area contributed by atoms with Crippen LogP contribution in [0.3, 0.4) is 0 Å². The summed E-state index contributed by atoms with van der Waals surface area (Å²) in [5, 5.41) is 21.1. The molecule has 2 unspecified atom stereocenters. The highest BCUT2D eigenvalue weighted by molar-refractivity contribution is 6.13. The maximum Gasteiger partial charge on any atom is 0.224 e. The van der Waals surface area contributed by atoms with Gasteiger partial charge in [0.25, 0.3) is 0 Å². The molecule has 0 radical (unpaired) electrons. The van der Waals surface area contributed by atoms with Gasteiger partial charge in [0.2, 0.25) is 6.29 Å². The van der Waals surface area contributed by atoms with Crippen LogP contribution in [0.5, 0.6) is 0 Å². The van der Waals surface area contributed by atoms with Crippen LogP contribution in [-0.4, -0.2) is 59.8 Å². The Morgan fingerprint density at radius 1 is 0.895 bits per heavy atom. The second-order valence-electron chi connectivity index (χ2n) is 9.83. The molecule has 1 fully saturated rings. The normalized spacial score (nSPS) is 23.4. The third-order valence-electron chi connectivity index (χ3n) is 6.85. The molecule has 0 saturated carbocycles. The number of aliphatic hydroxyl groups excluding tert-OH is 2. The standard InChI is InChI=1S/C32H45NO5/c1-3-5-6-7-8-9-10-17-23-36-31-29(32(37-22-4-2)38-27(24-34)30(31)35)33-28(25-18-13-11-14-19-25)26-20-15-12-16-21-26/h4,11-16,18-22,27,29-32,34-35H,3,5-10,17,23-24H2,1-2H3/t27?,29?,30-,31-,32+/m1/s1. The van der Waals surface area contributed by atoms with Gasteiger partial charge >= 0.3 is 0 Å². The first kappa shape index (κ1) is 30.0. The fraction of sp³-hybridized carbons (Fsp3) is 0.531. The van der Waals surface area contributed by atoms with Crippen molar-refractivity contribution < 1.29 is 24.4 Å². The summed E-state index contributed by atoms with van der Waals surface area (Å²) in [4.78, 5) is 5.13. The largest absolute Gasteiger partial charge is 0.470 e. The lowest BCUT2D eigenvalue weighted by Gasteiger charge is -2.42. The summed E-state index contributed by atoms with van der Waals surface area (Å²) in [7, 11) is 0. The van der Waals surface area contributed by atoms with E-state index in [9.17, 15) is 10.2 Å². The highest BCUT2D eigenvalue weighted by Gasteiger charge is 2.47. The Labute approximate surface area is 228 Å². The molecule has 5 atom stereocenters. The number of hydrogen-bond acceptors (Lipinski definition) is 6. The molecule has 1 aliphatic rings. The number of hydrogen-bond donors (Lipinski definition) is 2. The molecule has 0 aromatic heterocycles. The molecular formula is C32H45NO5. The van der Waals surface area contributed by atoms with E-state index in [0.29, 0.717) is 6.61 Å². The van der Waals surface area contributed by atoms with Crippen LogP contribution in [0.25, 0.3) is 0 Å². The van der Waals surface area contributed by atoms with E-state index < -0.39 is 30.6 Å². The molecule has 0 aliphatic carbocycles. The van der Waals surface area contributed by atoms with E-state index >= 15 is 0 Å². The number of rotatable bonds is 16. The van der Waals surface area contributed by atoms with Crippen LogP contribution in [0.4, 0.5) is 0 Å². The van der Waals surface area contributed by atoms with Crippen LogP contribution >= 0.6 is 0 Å². The predicted molar refractivity (Wildman–Crippen MR) is 152 cm³/mol. The van der Waals surface area contributed by atoms with Crippen LogP contribution < -0.4 is 0 Å². The fourth-order valence-corrected chi connectivity index (χ4v) is 4.77. The molecular weight excluding hydrogens is 478 g/mol. The van der Waals surface area contributed by atoms with Crippen molar-refractivity contribution in [3.8, 4) is 0 Å². The summed E-state index contributed by atoms with van der Waals surface area (Å²) in [5.74, 6) is 0. The summed E-state index contributed by atoms with van der Waals surface area (Å²) in [6.45, 7) is 4.25. The molecule has 208 valence electrons. The average Bonchev–Trinajstić information content (AvgIpc) is 2.96. The molecule has 0 amide bonds. The lowest BCUT2D eigenvalue weighted by Crippen LogP contribution is -2.59. The van der Waals surface area contributed by atoms with Gasteiger partial charge in [-0.2, -0.15) is 0 Å². The smallest absolute Gasteiger partial charge is 0.224 e. The Morgan fingerprint density at radius 3 is 2.03 bits per heavy atom. The molecule has 6 nitrogen and oxygen atoms in total. The van der Waals surface area contributed by atoms with Gasteiger partial charge in [-0.15, -0.1) is 0 Å². The summed E-state index contributed by atoms with van der Waals surface area (Å²) in [5.41, 5.74) is 2.66. The van der Waals surface area contributed by atoms with Gasteiger partial charge in [-0.3, -0.25) is 4.99 Å². The SMILES string of the molecule is CC=CO[C@H]1OC(CO)[C@@H](O)[C@H](OCCCCCCCCCC)C1N=C(c1ccccc1)c1ccccc1. The molecule has 38 heavy (non-hydrogen) atoms. The second-order valence-corrected chi connectivity index (χ2v) is 9.83. The molecule has 1 heterocycles. The maximum atomic E-state index is 11.2. The van der Waals surface area contributed by atoms with E-state index in [2.05, 4.69) is 6.92 Å². The molecule has 2 aromatic rings. The minimum absolute atomic E-state index is 0.338. The summed E-state index contributed by atoms with van der Waals surface area (Å²) < 4.78 is 18.2. The summed E-state index contributed by atoms with van der Waals surface area (Å²) in [6, 6.07) is 19.3. The monoisotopic (exact) mass is 523 g/mol. The topological polar surface area (TPSA) is 80.5 Å². The maximum absolute atomic E-state index is 11.2. The third-order valence-corrected chi connectivity index (χ3v) is 6.85. The lowest BCUT2D eigenvalue weighted by atomic mass is 9.95. The fourth-order valence-electron chi connectivity index (χ4n) is 4.77. The van der Waals surface area contributed by atoms with Crippen LogP contribution in [0.1, 0.15) is 76.3 Å². The first-order valence-electron chi connectivity index (χ1n) is 14.2. The van der Waals surface area contributed by atoms with Crippen molar-refractivity contribution in [3.63, 3.8) is 0 Å². The van der Waals surface area contributed by atoms with E-state index in [-0.39, 0.29) is 6.61 Å². The van der Waals surface area contributed by atoms with Gasteiger partial charge in [0.05, 0.1) is 18.6 Å². The summed E-state index contributed by atoms with van der Waals surface area (Å²) in [6.07, 6.45) is 9.53. The second kappa shape index (κ2) is 17.2. The summed E-state index contributed by atoms with van der Waals surface area (Å²) >= 11 is 0.